The zero-order chi connectivity index (χ0) is 27.6. The first kappa shape index (κ1) is 26.8. The van der Waals surface area contributed by atoms with E-state index in [0.717, 1.165) is 21.6 Å². The standard InChI is InChI=1S/C26H26N4O7S2/c1-17-20-15-23(38-25(20)30(28-17)18-6-4-3-5-7-18)26(32)37-16-24(31)27-21-9-8-19(14-22(21)35-2)39(33,34)29-10-12-36-13-11-29/h3-9,14-15H,10-13,16H2,1-2H3,(H,27,31). The van der Waals surface area contributed by atoms with Gasteiger partial charge in [0.2, 0.25) is 10.0 Å². The van der Waals surface area contributed by atoms with Gasteiger partial charge < -0.3 is 19.5 Å². The number of hydrogen-bond acceptors (Lipinski definition) is 9. The largest absolute Gasteiger partial charge is 0.495 e. The molecular weight excluding hydrogens is 544 g/mol. The van der Waals surface area contributed by atoms with Crippen LogP contribution in [-0.2, 0) is 24.3 Å². The summed E-state index contributed by atoms with van der Waals surface area (Å²) in [7, 11) is -2.36. The number of sulfonamides is 1. The molecule has 1 aliphatic heterocycles. The van der Waals surface area contributed by atoms with E-state index in [2.05, 4.69) is 10.4 Å². The van der Waals surface area contributed by atoms with E-state index in [4.69, 9.17) is 14.2 Å². The number of methoxy groups -OCH3 is 1. The summed E-state index contributed by atoms with van der Waals surface area (Å²) in [4.78, 5) is 26.5. The van der Waals surface area contributed by atoms with Crippen molar-refractivity contribution in [2.75, 3.05) is 45.3 Å². The van der Waals surface area contributed by atoms with E-state index < -0.39 is 28.5 Å². The van der Waals surface area contributed by atoms with Gasteiger partial charge in [-0.3, -0.25) is 4.79 Å². The Hall–Kier alpha value is -3.78. The number of para-hydroxylation sites is 1. The smallest absolute Gasteiger partial charge is 0.348 e. The zero-order valence-corrected chi connectivity index (χ0v) is 22.9. The molecular formula is C26H26N4O7S2. The number of ether oxygens (including phenoxy) is 3. The minimum absolute atomic E-state index is 0.0415. The Morgan fingerprint density at radius 1 is 1.10 bits per heavy atom. The molecule has 4 aromatic rings. The van der Waals surface area contributed by atoms with Gasteiger partial charge in [-0.25, -0.2) is 17.9 Å². The van der Waals surface area contributed by atoms with Crippen LogP contribution in [0.2, 0.25) is 0 Å². The molecule has 0 radical (unpaired) electrons. The van der Waals surface area contributed by atoms with Crippen LogP contribution in [0.25, 0.3) is 15.9 Å². The topological polar surface area (TPSA) is 129 Å². The summed E-state index contributed by atoms with van der Waals surface area (Å²) in [5, 5.41) is 8.00. The van der Waals surface area contributed by atoms with Crippen LogP contribution in [0.4, 0.5) is 5.69 Å². The van der Waals surface area contributed by atoms with E-state index >= 15 is 0 Å². The Morgan fingerprint density at radius 2 is 1.85 bits per heavy atom. The van der Waals surface area contributed by atoms with E-state index in [-0.39, 0.29) is 29.4 Å². The van der Waals surface area contributed by atoms with Gasteiger partial charge in [0.1, 0.15) is 15.5 Å². The molecule has 0 atom stereocenters. The zero-order valence-electron chi connectivity index (χ0n) is 21.2. The summed E-state index contributed by atoms with van der Waals surface area (Å²) >= 11 is 1.23. The van der Waals surface area contributed by atoms with E-state index in [1.807, 2.05) is 37.3 Å². The number of nitrogens with one attached hydrogen (secondary N) is 1. The quantitative estimate of drug-likeness (QED) is 0.320. The van der Waals surface area contributed by atoms with Crippen LogP contribution < -0.4 is 10.1 Å². The molecule has 0 unspecified atom stereocenters. The predicted octanol–water partition coefficient (Wildman–Crippen LogP) is 3.22. The number of fused-ring (bicyclic) bond motifs is 1. The van der Waals surface area contributed by atoms with Crippen molar-refractivity contribution >= 4 is 49.1 Å². The number of anilines is 1. The molecule has 2 aromatic carbocycles. The first-order chi connectivity index (χ1) is 18.8. The van der Waals surface area contributed by atoms with Crippen molar-refractivity contribution in [1.82, 2.24) is 14.1 Å². The summed E-state index contributed by atoms with van der Waals surface area (Å²) in [6.07, 6.45) is 0. The SMILES string of the molecule is COc1cc(S(=O)(=O)N2CCOCC2)ccc1NC(=O)COC(=O)c1cc2c(C)nn(-c3ccccc3)c2s1. The van der Waals surface area contributed by atoms with E-state index in [1.165, 1.54) is 41.0 Å². The number of thiophene rings is 1. The molecule has 1 amide bonds. The predicted molar refractivity (Wildman–Crippen MR) is 145 cm³/mol. The molecule has 1 N–H and O–H groups in total. The van der Waals surface area contributed by atoms with Crippen molar-refractivity contribution in [3.63, 3.8) is 0 Å². The normalized spacial score (nSPS) is 14.3. The third-order valence-electron chi connectivity index (χ3n) is 6.14. The monoisotopic (exact) mass is 570 g/mol. The Labute approximate surface area is 228 Å². The third-order valence-corrected chi connectivity index (χ3v) is 9.12. The molecule has 11 nitrogen and oxygen atoms in total. The summed E-state index contributed by atoms with van der Waals surface area (Å²) in [5.41, 5.74) is 1.89. The lowest BCUT2D eigenvalue weighted by Gasteiger charge is -2.26. The highest BCUT2D eigenvalue weighted by atomic mass is 32.2. The fraction of sp³-hybridized carbons (Fsp3) is 0.269. The number of morpholine rings is 1. The van der Waals surface area contributed by atoms with Gasteiger partial charge in [-0.15, -0.1) is 11.3 Å². The third kappa shape index (κ3) is 5.52. The number of esters is 1. The number of hydrogen-bond donors (Lipinski definition) is 1. The minimum Gasteiger partial charge on any atom is -0.495 e. The fourth-order valence-electron chi connectivity index (χ4n) is 4.15. The molecule has 3 heterocycles. The second-order valence-electron chi connectivity index (χ2n) is 8.67. The van der Waals surface area contributed by atoms with Gasteiger partial charge in [0.15, 0.2) is 6.61 Å². The lowest BCUT2D eigenvalue weighted by Crippen LogP contribution is -2.40. The highest BCUT2D eigenvalue weighted by molar-refractivity contribution is 7.89. The van der Waals surface area contributed by atoms with Gasteiger partial charge in [0.25, 0.3) is 5.91 Å². The average Bonchev–Trinajstić information content (AvgIpc) is 3.53. The lowest BCUT2D eigenvalue weighted by molar-refractivity contribution is -0.119. The molecule has 13 heteroatoms. The molecule has 1 fully saturated rings. The second-order valence-corrected chi connectivity index (χ2v) is 11.6. The van der Waals surface area contributed by atoms with Gasteiger partial charge in [-0.2, -0.15) is 9.40 Å². The van der Waals surface area contributed by atoms with Crippen LogP contribution in [0.3, 0.4) is 0 Å². The molecule has 1 saturated heterocycles. The molecule has 39 heavy (non-hydrogen) atoms. The Kier molecular flexibility index (Phi) is 7.66. The van der Waals surface area contributed by atoms with Crippen molar-refractivity contribution in [1.29, 1.82) is 0 Å². The number of rotatable bonds is 8. The molecule has 0 spiro atoms. The van der Waals surface area contributed by atoms with Crippen molar-refractivity contribution in [3.05, 3.63) is 65.2 Å². The van der Waals surface area contributed by atoms with Crippen LogP contribution in [0.5, 0.6) is 5.75 Å². The summed E-state index contributed by atoms with van der Waals surface area (Å²) in [6.45, 7) is 2.51. The van der Waals surface area contributed by atoms with E-state index in [9.17, 15) is 18.0 Å². The number of carbonyl (C=O) groups excluding carboxylic acids is 2. The molecule has 1 aliphatic rings. The number of nitrogens with zero attached hydrogens (tertiary/aromatic N) is 3. The van der Waals surface area contributed by atoms with Gasteiger partial charge in [-0.1, -0.05) is 18.2 Å². The number of amides is 1. The van der Waals surface area contributed by atoms with E-state index in [1.54, 1.807) is 10.7 Å². The summed E-state index contributed by atoms with van der Waals surface area (Å²) in [5.74, 6) is -1.07. The Bertz CT molecular complexity index is 1620. The van der Waals surface area contributed by atoms with Crippen LogP contribution in [-0.4, -0.2) is 74.4 Å². The maximum Gasteiger partial charge on any atom is 0.348 e. The van der Waals surface area contributed by atoms with Gasteiger partial charge in [0.05, 0.1) is 42.3 Å². The minimum atomic E-state index is -3.74. The molecule has 5 rings (SSSR count). The van der Waals surface area contributed by atoms with Crippen LogP contribution in [0.15, 0.2) is 59.5 Å². The highest BCUT2D eigenvalue weighted by Gasteiger charge is 2.27. The fourth-order valence-corrected chi connectivity index (χ4v) is 6.65. The lowest BCUT2D eigenvalue weighted by atomic mass is 10.3. The number of carbonyl (C=O) groups is 2. The second kappa shape index (κ2) is 11.1. The van der Waals surface area contributed by atoms with Crippen LogP contribution >= 0.6 is 11.3 Å². The van der Waals surface area contributed by atoms with Crippen molar-refractivity contribution < 1.29 is 32.2 Å². The Morgan fingerprint density at radius 3 is 2.56 bits per heavy atom. The Balaban J connectivity index is 1.25. The number of benzene rings is 2. The van der Waals surface area contributed by atoms with Crippen LogP contribution in [0.1, 0.15) is 15.4 Å². The van der Waals surface area contributed by atoms with Gasteiger partial charge in [-0.05, 0) is 37.3 Å². The highest BCUT2D eigenvalue weighted by Crippen LogP contribution is 2.31. The molecule has 0 aliphatic carbocycles. The maximum absolute atomic E-state index is 12.9. The van der Waals surface area contributed by atoms with E-state index in [0.29, 0.717) is 18.1 Å². The average molecular weight is 571 g/mol. The van der Waals surface area contributed by atoms with Crippen molar-refractivity contribution in [2.24, 2.45) is 0 Å². The summed E-state index contributed by atoms with van der Waals surface area (Å²) < 4.78 is 44.8. The van der Waals surface area contributed by atoms with Crippen LogP contribution in [0, 0.1) is 6.92 Å². The first-order valence-corrected chi connectivity index (χ1v) is 14.3. The maximum atomic E-state index is 12.9. The molecule has 204 valence electrons. The molecule has 2 aromatic heterocycles. The number of aromatic nitrogens is 2. The number of aryl methyl sites for hydroxylation is 1. The first-order valence-electron chi connectivity index (χ1n) is 12.1. The molecule has 0 saturated carbocycles. The molecule has 0 bridgehead atoms. The van der Waals surface area contributed by atoms with Crippen molar-refractivity contribution in [3.8, 4) is 11.4 Å². The van der Waals surface area contributed by atoms with Gasteiger partial charge in [0, 0.05) is 24.5 Å². The van der Waals surface area contributed by atoms with Crippen molar-refractivity contribution in [2.45, 2.75) is 11.8 Å². The van der Waals surface area contributed by atoms with Gasteiger partial charge >= 0.3 is 5.97 Å². The summed E-state index contributed by atoms with van der Waals surface area (Å²) in [6, 6.07) is 15.5.